The zero-order valence-electron chi connectivity index (χ0n) is 19.9. The zero-order valence-corrected chi connectivity index (χ0v) is 19.9. The topological polar surface area (TPSA) is 108 Å². The Kier molecular flexibility index (Phi) is 8.24. The number of carbonyl (C=O) groups excluding carboxylic acids is 2. The third-order valence-corrected chi connectivity index (χ3v) is 6.28. The van der Waals surface area contributed by atoms with Gasteiger partial charge in [-0.3, -0.25) is 19.6 Å². The van der Waals surface area contributed by atoms with Crippen LogP contribution >= 0.6 is 0 Å². The summed E-state index contributed by atoms with van der Waals surface area (Å²) < 4.78 is 44.7. The number of hydrogen-bond donors (Lipinski definition) is 3. The van der Waals surface area contributed by atoms with Crippen molar-refractivity contribution in [3.05, 3.63) is 83.3 Å². The van der Waals surface area contributed by atoms with Gasteiger partial charge < -0.3 is 15.2 Å². The molecule has 8 nitrogen and oxygen atoms in total. The molecule has 0 saturated carbocycles. The first kappa shape index (κ1) is 26.4. The summed E-state index contributed by atoms with van der Waals surface area (Å²) in [4.78, 5) is 25.8. The van der Waals surface area contributed by atoms with Gasteiger partial charge in [0, 0.05) is 37.7 Å². The van der Waals surface area contributed by atoms with E-state index in [2.05, 4.69) is 15.5 Å². The Balaban J connectivity index is 0.000000195. The van der Waals surface area contributed by atoms with Crippen molar-refractivity contribution < 1.29 is 32.6 Å². The first-order valence-electron chi connectivity index (χ1n) is 11.9. The highest BCUT2D eigenvalue weighted by Gasteiger charge is 2.52. The lowest BCUT2D eigenvalue weighted by molar-refractivity contribution is -0.149. The van der Waals surface area contributed by atoms with Crippen LogP contribution in [-0.2, 0) is 20.9 Å². The standard InChI is InChI=1S/C15H15FN4O3.C11H12F2O/c16-11-3-1-2-10(8-11)9-17-13(21)15(23)5-7-20(14(15)22)12-4-6-18-19-12;12-8-4-5-10(13)9(7-8)11-3-1-2-6-14-11/h1-4,6,8,23H,5,7,9H2,(H,17,21)(H,18,19);4-5,7,11H,1-3,6H2. The number of ether oxygens (including phenoxy) is 1. The third-order valence-electron chi connectivity index (χ3n) is 6.28. The molecule has 11 heteroatoms. The van der Waals surface area contributed by atoms with Gasteiger partial charge in [0.2, 0.25) is 5.60 Å². The van der Waals surface area contributed by atoms with E-state index in [0.717, 1.165) is 31.4 Å². The SMILES string of the molecule is Fc1ccc(F)c(C2CCCCO2)c1.O=C(NCc1cccc(F)c1)C1(O)CCN(c2ccn[nH]2)C1=O. The molecule has 2 aliphatic rings. The maximum atomic E-state index is 13.3. The summed E-state index contributed by atoms with van der Waals surface area (Å²) in [6.07, 6.45) is 3.98. The lowest BCUT2D eigenvalue weighted by atomic mass is 10.0. The van der Waals surface area contributed by atoms with Crippen molar-refractivity contribution in [2.75, 3.05) is 18.1 Å². The van der Waals surface area contributed by atoms with Gasteiger partial charge in [-0.1, -0.05) is 12.1 Å². The van der Waals surface area contributed by atoms with Crippen LogP contribution in [-0.4, -0.2) is 45.9 Å². The maximum absolute atomic E-state index is 13.3. The highest BCUT2D eigenvalue weighted by Crippen LogP contribution is 2.30. The second-order valence-corrected chi connectivity index (χ2v) is 8.84. The molecule has 2 aromatic carbocycles. The molecule has 2 saturated heterocycles. The predicted molar refractivity (Wildman–Crippen MR) is 128 cm³/mol. The molecule has 2 aliphatic heterocycles. The minimum atomic E-state index is -2.13. The predicted octanol–water partition coefficient (Wildman–Crippen LogP) is 3.54. The molecule has 2 amide bonds. The number of anilines is 1. The number of halogens is 3. The van der Waals surface area contributed by atoms with E-state index in [1.54, 1.807) is 12.1 Å². The molecule has 1 aromatic heterocycles. The van der Waals surface area contributed by atoms with Crippen LogP contribution in [0.5, 0.6) is 0 Å². The molecule has 5 rings (SSSR count). The lowest BCUT2D eigenvalue weighted by Gasteiger charge is -2.23. The van der Waals surface area contributed by atoms with Crippen molar-refractivity contribution in [2.45, 2.75) is 43.9 Å². The van der Waals surface area contributed by atoms with Crippen LogP contribution in [0.15, 0.2) is 54.7 Å². The highest BCUT2D eigenvalue weighted by molar-refractivity contribution is 6.16. The fraction of sp³-hybridized carbons (Fsp3) is 0.346. The van der Waals surface area contributed by atoms with E-state index in [1.165, 1.54) is 35.4 Å². The lowest BCUT2D eigenvalue weighted by Crippen LogP contribution is -2.52. The first-order valence-corrected chi connectivity index (χ1v) is 11.9. The molecule has 2 unspecified atom stereocenters. The Morgan fingerprint density at radius 2 is 1.97 bits per heavy atom. The normalized spacial score (nSPS) is 21.4. The largest absolute Gasteiger partial charge is 0.373 e. The molecular formula is C26H27F3N4O4. The molecule has 3 aromatic rings. The van der Waals surface area contributed by atoms with Gasteiger partial charge in [-0.05, 0) is 55.2 Å². The Hall–Kier alpha value is -3.70. The van der Waals surface area contributed by atoms with Gasteiger partial charge in [0.25, 0.3) is 11.8 Å². The van der Waals surface area contributed by atoms with Gasteiger partial charge in [-0.25, -0.2) is 13.2 Å². The van der Waals surface area contributed by atoms with Gasteiger partial charge in [-0.2, -0.15) is 5.10 Å². The van der Waals surface area contributed by atoms with E-state index >= 15 is 0 Å². The Morgan fingerprint density at radius 1 is 1.16 bits per heavy atom. The molecular weight excluding hydrogens is 489 g/mol. The van der Waals surface area contributed by atoms with Crippen LogP contribution < -0.4 is 10.2 Å². The summed E-state index contributed by atoms with van der Waals surface area (Å²) in [5.74, 6) is -2.29. The number of benzene rings is 2. The maximum Gasteiger partial charge on any atom is 0.270 e. The van der Waals surface area contributed by atoms with Gasteiger partial charge in [0.15, 0.2) is 0 Å². The molecule has 3 heterocycles. The van der Waals surface area contributed by atoms with Crippen LogP contribution in [0.1, 0.15) is 42.9 Å². The third kappa shape index (κ3) is 6.17. The van der Waals surface area contributed by atoms with Crippen molar-refractivity contribution in [1.82, 2.24) is 15.5 Å². The molecule has 2 atom stereocenters. The van der Waals surface area contributed by atoms with Gasteiger partial charge >= 0.3 is 0 Å². The molecule has 2 fully saturated rings. The van der Waals surface area contributed by atoms with Crippen LogP contribution in [0.4, 0.5) is 19.0 Å². The number of aromatic nitrogens is 2. The summed E-state index contributed by atoms with van der Waals surface area (Å²) in [5, 5.41) is 19.3. The van der Waals surface area contributed by atoms with E-state index < -0.39 is 29.0 Å². The quantitative estimate of drug-likeness (QED) is 0.450. The number of rotatable bonds is 5. The van der Waals surface area contributed by atoms with Gasteiger partial charge in [0.05, 0.1) is 12.3 Å². The average molecular weight is 517 g/mol. The molecule has 37 heavy (non-hydrogen) atoms. The van der Waals surface area contributed by atoms with Crippen molar-refractivity contribution in [3.63, 3.8) is 0 Å². The number of nitrogens with one attached hydrogen (secondary N) is 2. The first-order chi connectivity index (χ1) is 17.8. The minimum absolute atomic E-state index is 0.0240. The van der Waals surface area contributed by atoms with Crippen LogP contribution in [0.25, 0.3) is 0 Å². The Morgan fingerprint density at radius 3 is 2.68 bits per heavy atom. The fourth-order valence-electron chi connectivity index (χ4n) is 4.27. The van der Waals surface area contributed by atoms with Crippen molar-refractivity contribution >= 4 is 17.6 Å². The number of H-pyrrole nitrogens is 1. The second kappa shape index (κ2) is 11.6. The average Bonchev–Trinajstić information content (AvgIpc) is 3.54. The number of hydrogen-bond acceptors (Lipinski definition) is 5. The number of aromatic amines is 1. The monoisotopic (exact) mass is 516 g/mol. The fourth-order valence-corrected chi connectivity index (χ4v) is 4.27. The number of carbonyl (C=O) groups is 2. The van der Waals surface area contributed by atoms with E-state index in [-0.39, 0.29) is 31.4 Å². The van der Waals surface area contributed by atoms with Crippen molar-refractivity contribution in [3.8, 4) is 0 Å². The molecule has 196 valence electrons. The van der Waals surface area contributed by atoms with E-state index in [9.17, 15) is 27.9 Å². The summed E-state index contributed by atoms with van der Waals surface area (Å²) in [6.45, 7) is 0.863. The van der Waals surface area contributed by atoms with Crippen molar-refractivity contribution in [2.24, 2.45) is 0 Å². The summed E-state index contributed by atoms with van der Waals surface area (Å²) in [5.41, 5.74) is -1.24. The summed E-state index contributed by atoms with van der Waals surface area (Å²) in [7, 11) is 0. The van der Waals surface area contributed by atoms with Gasteiger partial charge in [-0.15, -0.1) is 0 Å². The van der Waals surface area contributed by atoms with E-state index in [4.69, 9.17) is 4.74 Å². The van der Waals surface area contributed by atoms with E-state index in [1.807, 2.05) is 0 Å². The van der Waals surface area contributed by atoms with Crippen LogP contribution in [0, 0.1) is 17.5 Å². The molecule has 0 spiro atoms. The highest BCUT2D eigenvalue weighted by atomic mass is 19.1. The Bertz CT molecular complexity index is 1230. The second-order valence-electron chi connectivity index (χ2n) is 8.84. The Labute approximate surface area is 211 Å². The van der Waals surface area contributed by atoms with E-state index in [0.29, 0.717) is 23.6 Å². The molecule has 3 N–H and O–H groups in total. The molecule has 0 aliphatic carbocycles. The van der Waals surface area contributed by atoms with Gasteiger partial charge in [0.1, 0.15) is 23.3 Å². The minimum Gasteiger partial charge on any atom is -0.373 e. The zero-order chi connectivity index (χ0) is 26.4. The van der Waals surface area contributed by atoms with Crippen LogP contribution in [0.2, 0.25) is 0 Å². The molecule has 0 bridgehead atoms. The number of nitrogens with zero attached hydrogens (tertiary/aromatic N) is 2. The summed E-state index contributed by atoms with van der Waals surface area (Å²) >= 11 is 0. The smallest absolute Gasteiger partial charge is 0.270 e. The molecule has 0 radical (unpaired) electrons. The summed E-state index contributed by atoms with van der Waals surface area (Å²) in [6, 6.07) is 10.8. The van der Waals surface area contributed by atoms with Crippen molar-refractivity contribution in [1.29, 1.82) is 0 Å². The van der Waals surface area contributed by atoms with Crippen LogP contribution in [0.3, 0.4) is 0 Å². The number of amides is 2. The number of aliphatic hydroxyl groups is 1.